The maximum atomic E-state index is 6.17. The normalized spacial score (nSPS) is 12.9. The molecule has 1 atom stereocenters. The summed E-state index contributed by atoms with van der Waals surface area (Å²) in [5.74, 6) is 1.92. The van der Waals surface area contributed by atoms with Crippen LogP contribution in [0.2, 0.25) is 0 Å². The molecule has 0 spiro atoms. The molecule has 2 heteroatoms. The van der Waals surface area contributed by atoms with Gasteiger partial charge in [0.15, 0.2) is 0 Å². The third-order valence-corrected chi connectivity index (χ3v) is 3.00. The topological polar surface area (TPSA) is 39.2 Å². The summed E-state index contributed by atoms with van der Waals surface area (Å²) in [4.78, 5) is 0. The number of aryl methyl sites for hydroxylation is 2. The number of nitrogens with two attached hydrogens (primary N) is 1. The van der Waals surface area contributed by atoms with Gasteiger partial charge in [-0.05, 0) is 39.2 Å². The Hall–Kier alpha value is -1.02. The highest BCUT2D eigenvalue weighted by Crippen LogP contribution is 2.29. The predicted octanol–water partition coefficient (Wildman–Crippen LogP) is 3.56. The van der Waals surface area contributed by atoms with Crippen LogP contribution in [-0.2, 0) is 0 Å². The average Bonchev–Trinajstić information content (AvgIpc) is 2.41. The van der Waals surface area contributed by atoms with E-state index in [4.69, 9.17) is 10.2 Å². The van der Waals surface area contributed by atoms with Crippen molar-refractivity contribution in [2.45, 2.75) is 46.6 Å². The molecule has 0 aliphatic rings. The molecular weight excluding hydrogens is 186 g/mol. The fourth-order valence-electron chi connectivity index (χ4n) is 1.91. The van der Waals surface area contributed by atoms with Crippen LogP contribution < -0.4 is 5.73 Å². The minimum absolute atomic E-state index is 0.0231. The lowest BCUT2D eigenvalue weighted by molar-refractivity contribution is 0.496. The fraction of sp³-hybridized carbons (Fsp3) is 0.538. The van der Waals surface area contributed by atoms with Gasteiger partial charge in [0.1, 0.15) is 11.5 Å². The van der Waals surface area contributed by atoms with E-state index in [0.717, 1.165) is 29.9 Å². The molecule has 1 aromatic heterocycles. The van der Waals surface area contributed by atoms with Crippen molar-refractivity contribution in [3.63, 3.8) is 0 Å². The Bertz CT molecular complexity index is 363. The Morgan fingerprint density at radius 3 is 2.33 bits per heavy atom. The molecule has 0 saturated carbocycles. The van der Waals surface area contributed by atoms with E-state index in [0.29, 0.717) is 0 Å². The number of furan rings is 1. The molecule has 84 valence electrons. The van der Waals surface area contributed by atoms with Crippen molar-refractivity contribution in [3.05, 3.63) is 34.8 Å². The second kappa shape index (κ2) is 4.67. The summed E-state index contributed by atoms with van der Waals surface area (Å²) in [6.45, 7) is 12.1. The van der Waals surface area contributed by atoms with Crippen molar-refractivity contribution in [2.75, 3.05) is 0 Å². The first-order valence-corrected chi connectivity index (χ1v) is 5.46. The van der Waals surface area contributed by atoms with E-state index in [1.54, 1.807) is 0 Å². The first kappa shape index (κ1) is 12.1. The molecular formula is C13H21NO. The predicted molar refractivity (Wildman–Crippen MR) is 63.9 cm³/mol. The second-order valence-corrected chi connectivity index (χ2v) is 4.17. The molecule has 0 aliphatic carbocycles. The Kier molecular flexibility index (Phi) is 3.75. The van der Waals surface area contributed by atoms with Crippen molar-refractivity contribution in [1.29, 1.82) is 0 Å². The van der Waals surface area contributed by atoms with Crippen LogP contribution in [0.4, 0.5) is 0 Å². The standard InChI is InChI=1S/C13H21NO/c1-6-8(2)7-12(14)13-9(3)10(4)15-11(13)5/h12H,2,6-7,14H2,1,3-5H3. The van der Waals surface area contributed by atoms with Gasteiger partial charge in [-0.2, -0.15) is 0 Å². The van der Waals surface area contributed by atoms with E-state index in [1.165, 1.54) is 11.1 Å². The molecule has 0 radical (unpaired) electrons. The van der Waals surface area contributed by atoms with Crippen LogP contribution >= 0.6 is 0 Å². The van der Waals surface area contributed by atoms with E-state index >= 15 is 0 Å². The van der Waals surface area contributed by atoms with Gasteiger partial charge in [-0.1, -0.05) is 19.1 Å². The molecule has 0 fully saturated rings. The smallest absolute Gasteiger partial charge is 0.106 e. The summed E-state index contributed by atoms with van der Waals surface area (Å²) in [6, 6.07) is 0.0231. The van der Waals surface area contributed by atoms with E-state index in [-0.39, 0.29) is 6.04 Å². The summed E-state index contributed by atoms with van der Waals surface area (Å²) >= 11 is 0. The molecule has 15 heavy (non-hydrogen) atoms. The second-order valence-electron chi connectivity index (χ2n) is 4.17. The van der Waals surface area contributed by atoms with Crippen LogP contribution in [-0.4, -0.2) is 0 Å². The average molecular weight is 207 g/mol. The maximum Gasteiger partial charge on any atom is 0.106 e. The number of hydrogen-bond donors (Lipinski definition) is 1. The van der Waals surface area contributed by atoms with Crippen LogP contribution in [0.25, 0.3) is 0 Å². The van der Waals surface area contributed by atoms with Crippen LogP contribution in [0.1, 0.15) is 48.5 Å². The van der Waals surface area contributed by atoms with Gasteiger partial charge in [0.05, 0.1) is 0 Å². The molecule has 0 aromatic carbocycles. The SMILES string of the molecule is C=C(CC)CC(N)c1c(C)oc(C)c1C. The van der Waals surface area contributed by atoms with Crippen molar-refractivity contribution >= 4 is 0 Å². The lowest BCUT2D eigenvalue weighted by atomic mass is 9.96. The van der Waals surface area contributed by atoms with E-state index in [2.05, 4.69) is 20.4 Å². The highest BCUT2D eigenvalue weighted by molar-refractivity contribution is 5.34. The summed E-state index contributed by atoms with van der Waals surface area (Å²) in [5, 5.41) is 0. The molecule has 0 aliphatic heterocycles. The van der Waals surface area contributed by atoms with Gasteiger partial charge in [-0.3, -0.25) is 0 Å². The Morgan fingerprint density at radius 1 is 1.33 bits per heavy atom. The van der Waals surface area contributed by atoms with Gasteiger partial charge in [0.25, 0.3) is 0 Å². The van der Waals surface area contributed by atoms with Crippen LogP contribution in [0, 0.1) is 20.8 Å². The zero-order valence-corrected chi connectivity index (χ0v) is 10.2. The first-order valence-electron chi connectivity index (χ1n) is 5.46. The van der Waals surface area contributed by atoms with Gasteiger partial charge in [-0.25, -0.2) is 0 Å². The van der Waals surface area contributed by atoms with Crippen molar-refractivity contribution in [3.8, 4) is 0 Å². The van der Waals surface area contributed by atoms with Gasteiger partial charge in [0, 0.05) is 11.6 Å². The summed E-state index contributed by atoms with van der Waals surface area (Å²) < 4.78 is 5.57. The van der Waals surface area contributed by atoms with Gasteiger partial charge in [0.2, 0.25) is 0 Å². The molecule has 0 amide bonds. The zero-order valence-electron chi connectivity index (χ0n) is 10.2. The molecule has 1 rings (SSSR count). The highest BCUT2D eigenvalue weighted by atomic mass is 16.3. The number of rotatable bonds is 4. The largest absolute Gasteiger partial charge is 0.466 e. The minimum atomic E-state index is 0.0231. The fourth-order valence-corrected chi connectivity index (χ4v) is 1.91. The Labute approximate surface area is 92.2 Å². The Morgan fingerprint density at radius 2 is 1.93 bits per heavy atom. The van der Waals surface area contributed by atoms with Crippen LogP contribution in [0.5, 0.6) is 0 Å². The van der Waals surface area contributed by atoms with Crippen molar-refractivity contribution < 1.29 is 4.42 Å². The van der Waals surface area contributed by atoms with E-state index in [9.17, 15) is 0 Å². The molecule has 0 saturated heterocycles. The molecule has 2 nitrogen and oxygen atoms in total. The Balaban J connectivity index is 2.90. The lowest BCUT2D eigenvalue weighted by Gasteiger charge is -2.13. The van der Waals surface area contributed by atoms with Gasteiger partial charge in [-0.15, -0.1) is 0 Å². The molecule has 1 unspecified atom stereocenters. The highest BCUT2D eigenvalue weighted by Gasteiger charge is 2.17. The molecule has 2 N–H and O–H groups in total. The van der Waals surface area contributed by atoms with Gasteiger partial charge >= 0.3 is 0 Å². The van der Waals surface area contributed by atoms with E-state index in [1.807, 2.05) is 13.8 Å². The monoisotopic (exact) mass is 207 g/mol. The van der Waals surface area contributed by atoms with Crippen LogP contribution in [0.3, 0.4) is 0 Å². The van der Waals surface area contributed by atoms with E-state index < -0.39 is 0 Å². The van der Waals surface area contributed by atoms with Crippen LogP contribution in [0.15, 0.2) is 16.6 Å². The molecule has 0 bridgehead atoms. The summed E-state index contributed by atoms with van der Waals surface area (Å²) in [7, 11) is 0. The minimum Gasteiger partial charge on any atom is -0.466 e. The lowest BCUT2D eigenvalue weighted by Crippen LogP contribution is -2.12. The summed E-state index contributed by atoms with van der Waals surface area (Å²) in [5.41, 5.74) is 9.70. The zero-order chi connectivity index (χ0) is 11.6. The number of hydrogen-bond acceptors (Lipinski definition) is 2. The third kappa shape index (κ3) is 2.51. The van der Waals surface area contributed by atoms with Gasteiger partial charge < -0.3 is 10.2 Å². The van der Waals surface area contributed by atoms with Crippen molar-refractivity contribution in [1.82, 2.24) is 0 Å². The maximum absolute atomic E-state index is 6.17. The quantitative estimate of drug-likeness (QED) is 0.767. The third-order valence-electron chi connectivity index (χ3n) is 3.00. The molecule has 1 aromatic rings. The molecule has 1 heterocycles. The van der Waals surface area contributed by atoms with Crippen molar-refractivity contribution in [2.24, 2.45) is 5.73 Å². The summed E-state index contributed by atoms with van der Waals surface area (Å²) in [6.07, 6.45) is 1.83. The first-order chi connectivity index (χ1) is 6.97.